The van der Waals surface area contributed by atoms with Gasteiger partial charge in [-0.3, -0.25) is 9.78 Å². The molecule has 38 heavy (non-hydrogen) atoms. The van der Waals surface area contributed by atoms with Crippen LogP contribution in [0.2, 0.25) is 0 Å². The average Bonchev–Trinajstić information content (AvgIpc) is 3.61. The van der Waals surface area contributed by atoms with Gasteiger partial charge in [-0.15, -0.1) is 10.2 Å². The van der Waals surface area contributed by atoms with E-state index in [0.717, 1.165) is 17.0 Å². The number of hydrogen-bond acceptors (Lipinski definition) is 9. The summed E-state index contributed by atoms with van der Waals surface area (Å²) in [5, 5.41) is 11.3. The van der Waals surface area contributed by atoms with Crippen LogP contribution in [0.25, 0.3) is 11.6 Å². The number of nitrogens with two attached hydrogens (primary N) is 1. The van der Waals surface area contributed by atoms with Gasteiger partial charge >= 0.3 is 0 Å². The van der Waals surface area contributed by atoms with E-state index in [2.05, 4.69) is 30.5 Å². The van der Waals surface area contributed by atoms with E-state index in [1.165, 1.54) is 12.5 Å². The summed E-state index contributed by atoms with van der Waals surface area (Å²) in [4.78, 5) is 26.3. The molecule has 1 atom stereocenters. The Balaban J connectivity index is 1.36. The number of amides is 1. The first-order valence-corrected chi connectivity index (χ1v) is 12.1. The summed E-state index contributed by atoms with van der Waals surface area (Å²) < 4.78 is 11.4. The zero-order valence-corrected chi connectivity index (χ0v) is 21.1. The predicted molar refractivity (Wildman–Crippen MR) is 139 cm³/mol. The number of hydrogen-bond donors (Lipinski definition) is 2. The Morgan fingerprint density at radius 2 is 1.87 bits per heavy atom. The van der Waals surface area contributed by atoms with Crippen molar-refractivity contribution in [1.82, 2.24) is 30.5 Å². The summed E-state index contributed by atoms with van der Waals surface area (Å²) in [6.07, 6.45) is 3.70. The molecule has 4 aromatic heterocycles. The number of aryl methyl sites for hydroxylation is 1. The van der Waals surface area contributed by atoms with Gasteiger partial charge in [0.05, 0.1) is 36.1 Å². The molecule has 0 aliphatic carbocycles. The highest BCUT2D eigenvalue weighted by Crippen LogP contribution is 2.23. The Hall–Kier alpha value is -4.70. The van der Waals surface area contributed by atoms with E-state index in [-0.39, 0.29) is 18.9 Å². The van der Waals surface area contributed by atoms with Crippen molar-refractivity contribution in [3.8, 4) is 11.6 Å². The van der Waals surface area contributed by atoms with E-state index < -0.39 is 5.54 Å². The summed E-state index contributed by atoms with van der Waals surface area (Å²) in [6.45, 7) is 4.04. The van der Waals surface area contributed by atoms with Crippen LogP contribution in [0.4, 0.5) is 0 Å². The van der Waals surface area contributed by atoms with Gasteiger partial charge in [-0.25, -0.2) is 9.97 Å². The van der Waals surface area contributed by atoms with Gasteiger partial charge in [-0.2, -0.15) is 0 Å². The van der Waals surface area contributed by atoms with Crippen molar-refractivity contribution in [2.45, 2.75) is 38.8 Å². The third-order valence-corrected chi connectivity index (χ3v) is 5.87. The predicted octanol–water partition coefficient (Wildman–Crippen LogP) is 3.76. The molecule has 0 aliphatic heterocycles. The fourth-order valence-electron chi connectivity index (χ4n) is 4.05. The maximum atomic E-state index is 13.1. The van der Waals surface area contributed by atoms with Crippen molar-refractivity contribution in [2.24, 2.45) is 5.73 Å². The number of nitrogens with one attached hydrogen (secondary N) is 1. The summed E-state index contributed by atoms with van der Waals surface area (Å²) in [5.41, 5.74) is 9.73. The van der Waals surface area contributed by atoms with Crippen molar-refractivity contribution in [3.63, 3.8) is 0 Å². The molecule has 0 saturated heterocycles. The van der Waals surface area contributed by atoms with E-state index >= 15 is 0 Å². The van der Waals surface area contributed by atoms with Crippen LogP contribution in [0.1, 0.15) is 51.7 Å². The first-order valence-electron chi connectivity index (χ1n) is 12.1. The molecule has 3 N–H and O–H groups in total. The summed E-state index contributed by atoms with van der Waals surface area (Å²) in [5.74, 6) is 0.666. The largest absolute Gasteiger partial charge is 0.443 e. The Morgan fingerprint density at radius 3 is 2.63 bits per heavy atom. The lowest BCUT2D eigenvalue weighted by Crippen LogP contribution is -2.35. The maximum absolute atomic E-state index is 13.1. The minimum absolute atomic E-state index is 0.197. The van der Waals surface area contributed by atoms with Crippen LogP contribution in [0.3, 0.4) is 0 Å². The van der Waals surface area contributed by atoms with E-state index in [1.807, 2.05) is 62.4 Å². The van der Waals surface area contributed by atoms with Gasteiger partial charge in [-0.05, 0) is 50.1 Å². The molecule has 4 heterocycles. The topological polar surface area (TPSA) is 146 Å². The molecule has 10 nitrogen and oxygen atoms in total. The molecule has 0 aliphatic rings. The van der Waals surface area contributed by atoms with Crippen LogP contribution in [-0.2, 0) is 24.9 Å². The third kappa shape index (κ3) is 5.98. The fraction of sp³-hybridized carbons (Fsp3) is 0.214. The SMILES string of the molecule is Cc1cccc(CNC(=O)c2cc(Cc3nnc(C(C)(N)Cc4ccccc4)o3)nc(-c3ncco3)c2)n1. The standard InChI is InChI=1S/C28H27N7O3/c1-18-7-6-10-21(32-18)17-31-25(36)20-13-22(33-23(14-20)26-30-11-12-37-26)15-24-34-35-27(38-24)28(2,29)16-19-8-4-3-5-9-19/h3-14H,15-17,29H2,1-2H3,(H,31,36). The van der Waals surface area contributed by atoms with Gasteiger partial charge in [0.2, 0.25) is 17.7 Å². The lowest BCUT2D eigenvalue weighted by Gasteiger charge is -2.20. The number of benzene rings is 1. The second kappa shape index (κ2) is 10.7. The molecule has 1 aromatic carbocycles. The average molecular weight is 510 g/mol. The third-order valence-electron chi connectivity index (χ3n) is 5.87. The summed E-state index contributed by atoms with van der Waals surface area (Å²) >= 11 is 0. The minimum Gasteiger partial charge on any atom is -0.443 e. The Kier molecular flexibility index (Phi) is 7.05. The molecule has 0 saturated carbocycles. The highest BCUT2D eigenvalue weighted by molar-refractivity contribution is 5.95. The zero-order valence-electron chi connectivity index (χ0n) is 21.1. The molecule has 1 unspecified atom stereocenters. The Labute approximate surface area is 219 Å². The van der Waals surface area contributed by atoms with Gasteiger partial charge in [0.1, 0.15) is 12.0 Å². The molecule has 0 spiro atoms. The van der Waals surface area contributed by atoms with E-state index in [9.17, 15) is 4.79 Å². The van der Waals surface area contributed by atoms with Gasteiger partial charge in [0.25, 0.3) is 5.91 Å². The summed E-state index contributed by atoms with van der Waals surface area (Å²) in [7, 11) is 0. The van der Waals surface area contributed by atoms with Crippen molar-refractivity contribution >= 4 is 5.91 Å². The number of rotatable bonds is 9. The van der Waals surface area contributed by atoms with Crippen LogP contribution in [0.5, 0.6) is 0 Å². The smallest absolute Gasteiger partial charge is 0.251 e. The van der Waals surface area contributed by atoms with Gasteiger partial charge < -0.3 is 19.9 Å². The van der Waals surface area contributed by atoms with Crippen molar-refractivity contribution in [3.05, 3.63) is 113 Å². The van der Waals surface area contributed by atoms with Crippen LogP contribution in [-0.4, -0.2) is 31.1 Å². The van der Waals surface area contributed by atoms with Crippen molar-refractivity contribution in [1.29, 1.82) is 0 Å². The Morgan fingerprint density at radius 1 is 1.03 bits per heavy atom. The molecule has 5 aromatic rings. The second-order valence-electron chi connectivity index (χ2n) is 9.28. The highest BCUT2D eigenvalue weighted by Gasteiger charge is 2.28. The lowest BCUT2D eigenvalue weighted by atomic mass is 9.94. The second-order valence-corrected chi connectivity index (χ2v) is 9.28. The minimum atomic E-state index is -0.852. The van der Waals surface area contributed by atoms with Crippen molar-refractivity contribution in [2.75, 3.05) is 0 Å². The van der Waals surface area contributed by atoms with Gasteiger partial charge in [0.15, 0.2) is 0 Å². The van der Waals surface area contributed by atoms with E-state index in [1.54, 1.807) is 12.1 Å². The zero-order chi connectivity index (χ0) is 26.5. The lowest BCUT2D eigenvalue weighted by molar-refractivity contribution is 0.0950. The fourth-order valence-corrected chi connectivity index (χ4v) is 4.05. The molecule has 1 amide bonds. The number of oxazole rings is 1. The first kappa shape index (κ1) is 25.0. The molecule has 192 valence electrons. The summed E-state index contributed by atoms with van der Waals surface area (Å²) in [6, 6.07) is 18.9. The number of carbonyl (C=O) groups is 1. The molecular formula is C28H27N7O3. The number of nitrogens with zero attached hydrogens (tertiary/aromatic N) is 5. The normalized spacial score (nSPS) is 12.7. The molecule has 0 radical (unpaired) electrons. The van der Waals surface area contributed by atoms with E-state index in [0.29, 0.717) is 41.0 Å². The molecule has 10 heteroatoms. The molecule has 0 bridgehead atoms. The highest BCUT2D eigenvalue weighted by atomic mass is 16.4. The van der Waals surface area contributed by atoms with Crippen LogP contribution < -0.4 is 11.1 Å². The van der Waals surface area contributed by atoms with Crippen LogP contribution >= 0.6 is 0 Å². The quantitative estimate of drug-likeness (QED) is 0.303. The van der Waals surface area contributed by atoms with Crippen LogP contribution in [0.15, 0.2) is 82.0 Å². The molecule has 0 fully saturated rings. The maximum Gasteiger partial charge on any atom is 0.251 e. The molecule has 5 rings (SSSR count). The first-order chi connectivity index (χ1) is 18.4. The van der Waals surface area contributed by atoms with Gasteiger partial charge in [-0.1, -0.05) is 36.4 Å². The van der Waals surface area contributed by atoms with Crippen LogP contribution in [0, 0.1) is 6.92 Å². The Bertz CT molecular complexity index is 1530. The monoisotopic (exact) mass is 509 g/mol. The number of pyridine rings is 2. The van der Waals surface area contributed by atoms with Gasteiger partial charge in [0, 0.05) is 11.3 Å². The number of carbonyl (C=O) groups excluding carboxylic acids is 1. The molecular weight excluding hydrogens is 482 g/mol. The number of aromatic nitrogens is 5. The van der Waals surface area contributed by atoms with E-state index in [4.69, 9.17) is 14.6 Å². The van der Waals surface area contributed by atoms with Crippen molar-refractivity contribution < 1.29 is 13.6 Å².